The minimum absolute atomic E-state index is 0.579. The summed E-state index contributed by atoms with van der Waals surface area (Å²) < 4.78 is 0. The first kappa shape index (κ1) is 11.5. The molecule has 1 radical (unpaired) electrons. The third-order valence-corrected chi connectivity index (χ3v) is 3.87. The lowest BCUT2D eigenvalue weighted by molar-refractivity contribution is -0.612. The van der Waals surface area contributed by atoms with Crippen LogP contribution in [0.1, 0.15) is 30.7 Å². The van der Waals surface area contributed by atoms with E-state index in [2.05, 4.69) is 66.0 Å². The van der Waals surface area contributed by atoms with Crippen LogP contribution in [0.15, 0.2) is 60.7 Å². The van der Waals surface area contributed by atoms with Gasteiger partial charge in [-0.15, -0.1) is 5.32 Å². The molecule has 1 heteroatoms. The van der Waals surface area contributed by atoms with E-state index in [9.17, 15) is 0 Å². The van der Waals surface area contributed by atoms with Gasteiger partial charge in [-0.3, -0.25) is 0 Å². The molecule has 3 rings (SSSR count). The van der Waals surface area contributed by atoms with Gasteiger partial charge in [-0.05, 0) is 18.4 Å². The van der Waals surface area contributed by atoms with Gasteiger partial charge >= 0.3 is 0 Å². The Bertz CT molecular complexity index is 477. The molecule has 0 bridgehead atoms. The van der Waals surface area contributed by atoms with Crippen molar-refractivity contribution in [3.8, 4) is 0 Å². The predicted octanol–water partition coefficient (Wildman–Crippen LogP) is 3.00. The molecule has 18 heavy (non-hydrogen) atoms. The molecule has 91 valence electrons. The maximum Gasteiger partial charge on any atom is 0.179 e. The Balaban J connectivity index is 1.76. The van der Waals surface area contributed by atoms with Gasteiger partial charge in [-0.25, -0.2) is 0 Å². The fourth-order valence-electron chi connectivity index (χ4n) is 2.98. The summed E-state index contributed by atoms with van der Waals surface area (Å²) in [4.78, 5) is 0. The summed E-state index contributed by atoms with van der Waals surface area (Å²) in [6.45, 7) is 0. The van der Waals surface area contributed by atoms with E-state index in [4.69, 9.17) is 0 Å². The van der Waals surface area contributed by atoms with E-state index in [1.54, 1.807) is 0 Å². The summed E-state index contributed by atoms with van der Waals surface area (Å²) in [5, 5.41) is 3.69. The summed E-state index contributed by atoms with van der Waals surface area (Å²) >= 11 is 0. The highest BCUT2D eigenvalue weighted by atomic mass is 14.9. The van der Waals surface area contributed by atoms with E-state index in [-0.39, 0.29) is 0 Å². The molecule has 1 N–H and O–H groups in total. The minimum atomic E-state index is 0.579. The van der Waals surface area contributed by atoms with Crippen LogP contribution in [0.4, 0.5) is 5.69 Å². The van der Waals surface area contributed by atoms with E-state index >= 15 is 0 Å². The molecule has 1 aliphatic rings. The Morgan fingerprint density at radius 2 is 1.44 bits per heavy atom. The Morgan fingerprint density at radius 1 is 0.778 bits per heavy atom. The van der Waals surface area contributed by atoms with Crippen molar-refractivity contribution in [3.05, 3.63) is 66.2 Å². The molecule has 2 unspecified atom stereocenters. The van der Waals surface area contributed by atoms with E-state index in [1.807, 2.05) is 0 Å². The molecule has 0 spiro atoms. The fraction of sp³-hybridized carbons (Fsp3) is 0.294. The van der Waals surface area contributed by atoms with Crippen molar-refractivity contribution >= 4 is 5.69 Å². The number of nitrogens with one attached hydrogen (secondary N) is 1. The van der Waals surface area contributed by atoms with E-state index < -0.39 is 0 Å². The molecule has 1 aliphatic carbocycles. The zero-order valence-electron chi connectivity index (χ0n) is 10.5. The standard InChI is InChI=1S/C17H19N/c1-3-8-14(9-4-1)16-12-7-13-17(16)18-15-10-5-2-6-11-15/h1-6,8-11,16-18H,7,12-13H2/q+1. The quantitative estimate of drug-likeness (QED) is 0.844. The van der Waals surface area contributed by atoms with Crippen LogP contribution in [0.25, 0.3) is 0 Å². The van der Waals surface area contributed by atoms with Crippen LogP contribution in [0.5, 0.6) is 0 Å². The molecule has 2 aromatic carbocycles. The van der Waals surface area contributed by atoms with Gasteiger partial charge in [0.25, 0.3) is 0 Å². The van der Waals surface area contributed by atoms with Gasteiger partial charge in [0.1, 0.15) is 6.04 Å². The van der Waals surface area contributed by atoms with Crippen molar-refractivity contribution in [1.82, 2.24) is 0 Å². The smallest absolute Gasteiger partial charge is 0.144 e. The number of hydrogen-bond acceptors (Lipinski definition) is 1. The minimum Gasteiger partial charge on any atom is -0.144 e. The molecule has 1 saturated carbocycles. The normalized spacial score (nSPS) is 23.1. The van der Waals surface area contributed by atoms with Crippen LogP contribution in [0.2, 0.25) is 0 Å². The van der Waals surface area contributed by atoms with Gasteiger partial charge in [0.2, 0.25) is 0 Å². The molecule has 0 saturated heterocycles. The van der Waals surface area contributed by atoms with E-state index in [0.29, 0.717) is 12.0 Å². The second-order valence-electron chi connectivity index (χ2n) is 5.06. The third-order valence-electron chi connectivity index (χ3n) is 3.87. The molecule has 0 amide bonds. The molecular weight excluding hydrogens is 218 g/mol. The first-order valence-corrected chi connectivity index (χ1v) is 6.80. The number of hydrogen-bond donors (Lipinski definition) is 1. The Kier molecular flexibility index (Phi) is 3.42. The molecule has 0 heterocycles. The van der Waals surface area contributed by atoms with Crippen LogP contribution in [-0.4, -0.2) is 6.04 Å². The zero-order chi connectivity index (χ0) is 12.2. The van der Waals surface area contributed by atoms with Gasteiger partial charge in [0, 0.05) is 24.5 Å². The van der Waals surface area contributed by atoms with Crippen LogP contribution >= 0.6 is 0 Å². The SMILES string of the molecule is c1ccc([NH+]C2CCCC2c2ccccc2)cc1. The lowest BCUT2D eigenvalue weighted by Crippen LogP contribution is -2.85. The number of rotatable bonds is 3. The van der Waals surface area contributed by atoms with Crippen LogP contribution < -0.4 is 5.32 Å². The zero-order valence-corrected chi connectivity index (χ0v) is 10.5. The summed E-state index contributed by atoms with van der Waals surface area (Å²) in [5.41, 5.74) is 2.72. The number of benzene rings is 2. The molecule has 0 aromatic heterocycles. The summed E-state index contributed by atoms with van der Waals surface area (Å²) in [6, 6.07) is 22.0. The van der Waals surface area contributed by atoms with Crippen molar-refractivity contribution in [2.45, 2.75) is 31.2 Å². The largest absolute Gasteiger partial charge is 0.179 e. The summed E-state index contributed by atoms with van der Waals surface area (Å²) in [7, 11) is 0. The second kappa shape index (κ2) is 5.36. The predicted molar refractivity (Wildman–Crippen MR) is 73.9 cm³/mol. The molecule has 2 aromatic rings. The van der Waals surface area contributed by atoms with Crippen molar-refractivity contribution in [2.75, 3.05) is 0 Å². The monoisotopic (exact) mass is 237 g/mol. The topological polar surface area (TPSA) is 15.6 Å². The Morgan fingerprint density at radius 3 is 2.17 bits per heavy atom. The van der Waals surface area contributed by atoms with Crippen LogP contribution in [-0.2, 0) is 0 Å². The first-order chi connectivity index (χ1) is 8.93. The lowest BCUT2D eigenvalue weighted by atomic mass is 9.94. The Labute approximate surface area is 109 Å². The Hall–Kier alpha value is -1.60. The van der Waals surface area contributed by atoms with Crippen LogP contribution in [0.3, 0.4) is 0 Å². The van der Waals surface area contributed by atoms with Crippen molar-refractivity contribution in [2.24, 2.45) is 0 Å². The highest BCUT2D eigenvalue weighted by Crippen LogP contribution is 2.32. The third kappa shape index (κ3) is 2.46. The van der Waals surface area contributed by atoms with Crippen molar-refractivity contribution in [3.63, 3.8) is 0 Å². The molecule has 2 atom stereocenters. The van der Waals surface area contributed by atoms with Gasteiger partial charge in [0.15, 0.2) is 5.69 Å². The highest BCUT2D eigenvalue weighted by Gasteiger charge is 2.34. The summed E-state index contributed by atoms with van der Waals surface area (Å²) in [5.74, 6) is 0.659. The van der Waals surface area contributed by atoms with Crippen LogP contribution in [0, 0.1) is 0 Å². The fourth-order valence-corrected chi connectivity index (χ4v) is 2.98. The van der Waals surface area contributed by atoms with E-state index in [1.165, 1.54) is 30.5 Å². The first-order valence-electron chi connectivity index (χ1n) is 6.80. The summed E-state index contributed by atoms with van der Waals surface area (Å²) in [6.07, 6.45) is 3.90. The lowest BCUT2D eigenvalue weighted by Gasteiger charge is -2.14. The van der Waals surface area contributed by atoms with Gasteiger partial charge in [-0.1, -0.05) is 48.5 Å². The second-order valence-corrected chi connectivity index (χ2v) is 5.06. The van der Waals surface area contributed by atoms with Gasteiger partial charge in [0.05, 0.1) is 0 Å². The average Bonchev–Trinajstić information content (AvgIpc) is 2.89. The van der Waals surface area contributed by atoms with E-state index in [0.717, 1.165) is 0 Å². The highest BCUT2D eigenvalue weighted by molar-refractivity contribution is 5.28. The number of anilines is 1. The average molecular weight is 237 g/mol. The van der Waals surface area contributed by atoms with Crippen molar-refractivity contribution < 1.29 is 5.32 Å². The van der Waals surface area contributed by atoms with Crippen molar-refractivity contribution in [1.29, 1.82) is 0 Å². The maximum atomic E-state index is 3.69. The number of para-hydroxylation sites is 1. The molecule has 1 nitrogen and oxygen atoms in total. The van der Waals surface area contributed by atoms with Gasteiger partial charge < -0.3 is 0 Å². The van der Waals surface area contributed by atoms with Gasteiger partial charge in [-0.2, -0.15) is 0 Å². The molecule has 1 fully saturated rings. The molecule has 0 aliphatic heterocycles. The molecular formula is C17H19N+. The maximum absolute atomic E-state index is 3.69.